The molecule has 0 saturated carbocycles. The molecule has 4 nitrogen and oxygen atoms in total. The van der Waals surface area contributed by atoms with Crippen LogP contribution in [0.4, 0.5) is 0 Å². The van der Waals surface area contributed by atoms with Crippen LogP contribution < -0.4 is 5.32 Å². The van der Waals surface area contributed by atoms with E-state index in [9.17, 15) is 4.79 Å². The van der Waals surface area contributed by atoms with Crippen LogP contribution in [0.25, 0.3) is 0 Å². The fourth-order valence-electron chi connectivity index (χ4n) is 2.22. The average molecular weight is 269 g/mol. The van der Waals surface area contributed by atoms with Gasteiger partial charge in [-0.05, 0) is 11.6 Å². The Morgan fingerprint density at radius 2 is 2.06 bits per heavy atom. The first kappa shape index (κ1) is 13.3. The molecular weight excluding hydrogens is 252 g/mol. The average Bonchev–Trinajstić information content (AvgIpc) is 2.42. The van der Waals surface area contributed by atoms with Crippen LogP contribution in [-0.2, 0) is 9.53 Å². The highest BCUT2D eigenvalue weighted by Gasteiger charge is 2.30. The molecule has 98 valence electrons. The number of benzene rings is 1. The highest BCUT2D eigenvalue weighted by molar-refractivity contribution is 6.31. The Hall–Kier alpha value is -1.10. The zero-order valence-electron chi connectivity index (χ0n) is 10.4. The predicted octanol–water partition coefficient (Wildman–Crippen LogP) is 1.46. The van der Waals surface area contributed by atoms with Crippen molar-refractivity contribution in [1.29, 1.82) is 0 Å². The van der Waals surface area contributed by atoms with E-state index in [1.807, 2.05) is 18.2 Å². The SMILES string of the molecule is COC(=O)C(c1ccccc1Cl)N1CCNCC1. The van der Waals surface area contributed by atoms with Gasteiger partial charge in [-0.2, -0.15) is 0 Å². The van der Waals surface area contributed by atoms with Crippen molar-refractivity contribution in [1.82, 2.24) is 10.2 Å². The molecule has 1 fully saturated rings. The number of esters is 1. The molecule has 1 saturated heterocycles. The minimum atomic E-state index is -0.411. The van der Waals surface area contributed by atoms with E-state index in [0.29, 0.717) is 5.02 Å². The Morgan fingerprint density at radius 3 is 2.67 bits per heavy atom. The molecule has 1 heterocycles. The molecule has 1 N–H and O–H groups in total. The van der Waals surface area contributed by atoms with Gasteiger partial charge in [0.1, 0.15) is 6.04 Å². The van der Waals surface area contributed by atoms with Crippen molar-refractivity contribution in [2.45, 2.75) is 6.04 Å². The molecule has 0 amide bonds. The molecule has 0 bridgehead atoms. The maximum atomic E-state index is 12.0. The van der Waals surface area contributed by atoms with E-state index in [1.54, 1.807) is 6.07 Å². The van der Waals surface area contributed by atoms with Crippen LogP contribution in [0.2, 0.25) is 5.02 Å². The van der Waals surface area contributed by atoms with Gasteiger partial charge in [-0.3, -0.25) is 4.90 Å². The van der Waals surface area contributed by atoms with E-state index in [4.69, 9.17) is 16.3 Å². The Kier molecular flexibility index (Phi) is 4.58. The summed E-state index contributed by atoms with van der Waals surface area (Å²) in [5, 5.41) is 3.87. The normalized spacial score (nSPS) is 18.3. The topological polar surface area (TPSA) is 41.6 Å². The van der Waals surface area contributed by atoms with E-state index < -0.39 is 6.04 Å². The van der Waals surface area contributed by atoms with Gasteiger partial charge in [-0.25, -0.2) is 4.79 Å². The number of piperazine rings is 1. The lowest BCUT2D eigenvalue weighted by molar-refractivity contribution is -0.147. The van der Waals surface area contributed by atoms with Crippen molar-refractivity contribution >= 4 is 17.6 Å². The summed E-state index contributed by atoms with van der Waals surface area (Å²) in [7, 11) is 1.41. The summed E-state index contributed by atoms with van der Waals surface area (Å²) < 4.78 is 4.92. The molecule has 0 spiro atoms. The number of methoxy groups -OCH3 is 1. The Morgan fingerprint density at radius 1 is 1.39 bits per heavy atom. The smallest absolute Gasteiger partial charge is 0.327 e. The van der Waals surface area contributed by atoms with Crippen LogP contribution >= 0.6 is 11.6 Å². The third-order valence-electron chi connectivity index (χ3n) is 3.14. The highest BCUT2D eigenvalue weighted by atomic mass is 35.5. The lowest BCUT2D eigenvalue weighted by Gasteiger charge is -2.33. The second-order valence-corrected chi connectivity index (χ2v) is 4.64. The summed E-state index contributed by atoms with van der Waals surface area (Å²) in [6.07, 6.45) is 0. The van der Waals surface area contributed by atoms with Crippen molar-refractivity contribution in [2.75, 3.05) is 33.3 Å². The number of hydrogen-bond donors (Lipinski definition) is 1. The zero-order chi connectivity index (χ0) is 13.0. The molecule has 1 aromatic carbocycles. The largest absolute Gasteiger partial charge is 0.468 e. The van der Waals surface area contributed by atoms with Crippen LogP contribution in [0.15, 0.2) is 24.3 Å². The van der Waals surface area contributed by atoms with E-state index >= 15 is 0 Å². The van der Waals surface area contributed by atoms with E-state index in [2.05, 4.69) is 10.2 Å². The van der Waals surface area contributed by atoms with Crippen LogP contribution in [0.3, 0.4) is 0 Å². The molecule has 1 aromatic rings. The lowest BCUT2D eigenvalue weighted by Crippen LogP contribution is -2.47. The number of nitrogens with zero attached hydrogens (tertiary/aromatic N) is 1. The van der Waals surface area contributed by atoms with E-state index in [1.165, 1.54) is 7.11 Å². The van der Waals surface area contributed by atoms with Gasteiger partial charge in [-0.15, -0.1) is 0 Å². The molecule has 0 aromatic heterocycles. The molecule has 1 aliphatic rings. The van der Waals surface area contributed by atoms with E-state index in [-0.39, 0.29) is 5.97 Å². The number of nitrogens with one attached hydrogen (secondary N) is 1. The van der Waals surface area contributed by atoms with Gasteiger partial charge in [0.25, 0.3) is 0 Å². The van der Waals surface area contributed by atoms with E-state index in [0.717, 1.165) is 31.7 Å². The van der Waals surface area contributed by atoms with Crippen molar-refractivity contribution in [3.8, 4) is 0 Å². The first-order chi connectivity index (χ1) is 8.74. The number of rotatable bonds is 3. The van der Waals surface area contributed by atoms with Gasteiger partial charge in [0.15, 0.2) is 0 Å². The van der Waals surface area contributed by atoms with Gasteiger partial charge in [0.2, 0.25) is 0 Å². The summed E-state index contributed by atoms with van der Waals surface area (Å²) >= 11 is 6.19. The molecule has 0 radical (unpaired) electrons. The first-order valence-electron chi connectivity index (χ1n) is 6.01. The number of hydrogen-bond acceptors (Lipinski definition) is 4. The second-order valence-electron chi connectivity index (χ2n) is 4.23. The van der Waals surface area contributed by atoms with Gasteiger partial charge in [-0.1, -0.05) is 29.8 Å². The minimum Gasteiger partial charge on any atom is -0.468 e. The Balaban J connectivity index is 2.30. The summed E-state index contributed by atoms with van der Waals surface area (Å²) in [6, 6.07) is 7.02. The number of halogens is 1. The summed E-state index contributed by atoms with van der Waals surface area (Å²) in [5.41, 5.74) is 0.813. The molecule has 0 aliphatic carbocycles. The number of carbonyl (C=O) groups excluding carboxylic acids is 1. The highest BCUT2D eigenvalue weighted by Crippen LogP contribution is 2.28. The maximum Gasteiger partial charge on any atom is 0.327 e. The van der Waals surface area contributed by atoms with Crippen molar-refractivity contribution < 1.29 is 9.53 Å². The number of ether oxygens (including phenoxy) is 1. The molecule has 5 heteroatoms. The molecule has 2 rings (SSSR count). The van der Waals surface area contributed by atoms with Crippen molar-refractivity contribution in [3.05, 3.63) is 34.9 Å². The third-order valence-corrected chi connectivity index (χ3v) is 3.49. The third kappa shape index (κ3) is 2.83. The fraction of sp³-hybridized carbons (Fsp3) is 0.462. The summed E-state index contributed by atoms with van der Waals surface area (Å²) in [6.45, 7) is 3.37. The molecule has 1 atom stereocenters. The molecule has 1 aliphatic heterocycles. The standard InChI is InChI=1S/C13H17ClN2O2/c1-18-13(17)12(16-8-6-15-7-9-16)10-4-2-3-5-11(10)14/h2-5,12,15H,6-9H2,1H3. The van der Waals surface area contributed by atoms with Crippen molar-refractivity contribution in [2.24, 2.45) is 0 Å². The van der Waals surface area contributed by atoms with Gasteiger partial charge in [0.05, 0.1) is 7.11 Å². The molecular formula is C13H17ClN2O2. The second kappa shape index (κ2) is 6.18. The quantitative estimate of drug-likeness (QED) is 0.843. The molecule has 18 heavy (non-hydrogen) atoms. The Labute approximate surface area is 112 Å². The number of carbonyl (C=O) groups is 1. The predicted molar refractivity (Wildman–Crippen MR) is 70.7 cm³/mol. The zero-order valence-corrected chi connectivity index (χ0v) is 11.1. The minimum absolute atomic E-state index is 0.259. The van der Waals surface area contributed by atoms with Crippen LogP contribution in [-0.4, -0.2) is 44.2 Å². The van der Waals surface area contributed by atoms with Crippen molar-refractivity contribution in [3.63, 3.8) is 0 Å². The van der Waals surface area contributed by atoms with Gasteiger partial charge >= 0.3 is 5.97 Å². The fourth-order valence-corrected chi connectivity index (χ4v) is 2.46. The lowest BCUT2D eigenvalue weighted by atomic mass is 10.0. The Bertz CT molecular complexity index is 419. The van der Waals surface area contributed by atoms with Crippen LogP contribution in [0, 0.1) is 0 Å². The van der Waals surface area contributed by atoms with Crippen LogP contribution in [0.1, 0.15) is 11.6 Å². The monoisotopic (exact) mass is 268 g/mol. The molecule has 1 unspecified atom stereocenters. The summed E-state index contributed by atoms with van der Waals surface area (Å²) in [4.78, 5) is 14.1. The van der Waals surface area contributed by atoms with Gasteiger partial charge < -0.3 is 10.1 Å². The summed E-state index contributed by atoms with van der Waals surface area (Å²) in [5.74, 6) is -0.259. The van der Waals surface area contributed by atoms with Crippen LogP contribution in [0.5, 0.6) is 0 Å². The first-order valence-corrected chi connectivity index (χ1v) is 6.39. The van der Waals surface area contributed by atoms with Gasteiger partial charge in [0, 0.05) is 31.2 Å². The maximum absolute atomic E-state index is 12.0.